The summed E-state index contributed by atoms with van der Waals surface area (Å²) < 4.78 is 1.63. The van der Waals surface area contributed by atoms with Crippen LogP contribution < -0.4 is 20.9 Å². The van der Waals surface area contributed by atoms with E-state index in [1.54, 1.807) is 60.3 Å². The first-order chi connectivity index (χ1) is 16.3. The van der Waals surface area contributed by atoms with Gasteiger partial charge in [0.1, 0.15) is 5.54 Å². The van der Waals surface area contributed by atoms with Crippen LogP contribution in [0.2, 0.25) is 5.02 Å². The van der Waals surface area contributed by atoms with E-state index in [1.165, 1.54) is 4.90 Å². The van der Waals surface area contributed by atoms with Crippen LogP contribution in [0.4, 0.5) is 21.1 Å². The molecular weight excluding hydrogens is 456 g/mol. The molecular formula is C24H23ClN6O3. The number of hydrogen-bond acceptors (Lipinski definition) is 4. The van der Waals surface area contributed by atoms with Crippen molar-refractivity contribution in [2.45, 2.75) is 31.8 Å². The molecule has 1 atom stereocenters. The van der Waals surface area contributed by atoms with Crippen molar-refractivity contribution in [2.24, 2.45) is 5.92 Å². The molecule has 2 aromatic carbocycles. The van der Waals surface area contributed by atoms with Crippen molar-refractivity contribution >= 4 is 41.1 Å². The minimum atomic E-state index is -0.823. The Bertz CT molecular complexity index is 1250. The molecule has 0 bridgehead atoms. The zero-order chi connectivity index (χ0) is 23.9. The van der Waals surface area contributed by atoms with Gasteiger partial charge in [-0.25, -0.2) is 19.2 Å². The molecule has 2 heterocycles. The van der Waals surface area contributed by atoms with Crippen LogP contribution in [0.1, 0.15) is 25.3 Å². The van der Waals surface area contributed by atoms with Gasteiger partial charge in [-0.2, -0.15) is 0 Å². The molecule has 2 aliphatic rings. The van der Waals surface area contributed by atoms with Gasteiger partial charge < -0.3 is 10.6 Å². The molecule has 5 rings (SSSR count). The standard InChI is InChI=1S/C24H23ClN6O3/c1-24(16-4-5-16)21(32)31(23(34)28-24)19-8-2-15(3-9-19)14-26-22(33)27-20-12-13-30(29-20)18-10-6-17(25)7-11-18/h2-3,6-13,16H,4-5,14H2,1H3,(H,28,34)(H2,26,27,29,33). The highest BCUT2D eigenvalue weighted by Gasteiger charge is 2.56. The molecule has 174 valence electrons. The fraction of sp³-hybridized carbons (Fsp3) is 0.250. The molecule has 3 aromatic rings. The summed E-state index contributed by atoms with van der Waals surface area (Å²) in [5.74, 6) is 0.386. The molecule has 0 radical (unpaired) electrons. The summed E-state index contributed by atoms with van der Waals surface area (Å²) >= 11 is 5.91. The van der Waals surface area contributed by atoms with Crippen LogP contribution in [0.25, 0.3) is 5.69 Å². The van der Waals surface area contributed by atoms with Gasteiger partial charge in [0.25, 0.3) is 5.91 Å². The maximum atomic E-state index is 12.9. The fourth-order valence-corrected chi connectivity index (χ4v) is 4.19. The maximum Gasteiger partial charge on any atom is 0.329 e. The molecule has 9 nitrogen and oxygen atoms in total. The van der Waals surface area contributed by atoms with Gasteiger partial charge in [0, 0.05) is 23.8 Å². The Balaban J connectivity index is 1.16. The minimum absolute atomic E-state index is 0.202. The molecule has 1 unspecified atom stereocenters. The normalized spacial score (nSPS) is 19.8. The van der Waals surface area contributed by atoms with E-state index in [9.17, 15) is 14.4 Å². The van der Waals surface area contributed by atoms with Crippen molar-refractivity contribution in [3.63, 3.8) is 0 Å². The Morgan fingerprint density at radius 1 is 1.09 bits per heavy atom. The molecule has 1 saturated carbocycles. The van der Waals surface area contributed by atoms with Gasteiger partial charge >= 0.3 is 12.1 Å². The van der Waals surface area contributed by atoms with E-state index in [-0.39, 0.29) is 18.4 Å². The molecule has 5 amide bonds. The summed E-state index contributed by atoms with van der Waals surface area (Å²) in [7, 11) is 0. The lowest BCUT2D eigenvalue weighted by molar-refractivity contribution is -0.122. The van der Waals surface area contributed by atoms with Crippen LogP contribution in [0.15, 0.2) is 60.8 Å². The van der Waals surface area contributed by atoms with E-state index in [0.29, 0.717) is 16.5 Å². The van der Waals surface area contributed by atoms with Crippen LogP contribution in [0.3, 0.4) is 0 Å². The molecule has 0 spiro atoms. The van der Waals surface area contributed by atoms with Gasteiger partial charge in [-0.3, -0.25) is 10.1 Å². The Hall–Kier alpha value is -3.85. The fourth-order valence-electron chi connectivity index (χ4n) is 4.06. The van der Waals surface area contributed by atoms with Crippen LogP contribution in [-0.4, -0.2) is 33.3 Å². The lowest BCUT2D eigenvalue weighted by Crippen LogP contribution is -2.46. The van der Waals surface area contributed by atoms with Crippen LogP contribution in [0, 0.1) is 5.92 Å². The predicted molar refractivity (Wildman–Crippen MR) is 128 cm³/mol. The third-order valence-electron chi connectivity index (χ3n) is 6.18. The van der Waals surface area contributed by atoms with E-state index in [4.69, 9.17) is 11.6 Å². The molecule has 1 aromatic heterocycles. The Labute approximate surface area is 201 Å². The molecule has 1 aliphatic carbocycles. The zero-order valence-electron chi connectivity index (χ0n) is 18.4. The highest BCUT2D eigenvalue weighted by Crippen LogP contribution is 2.43. The number of benzene rings is 2. The van der Waals surface area contributed by atoms with Crippen LogP contribution in [-0.2, 0) is 11.3 Å². The summed E-state index contributed by atoms with van der Waals surface area (Å²) in [4.78, 5) is 38.8. The lowest BCUT2D eigenvalue weighted by Gasteiger charge is -2.21. The summed E-state index contributed by atoms with van der Waals surface area (Å²) in [6.45, 7) is 2.06. The number of nitrogens with zero attached hydrogens (tertiary/aromatic N) is 3. The van der Waals surface area contributed by atoms with Gasteiger partial charge in [-0.15, -0.1) is 5.10 Å². The number of aromatic nitrogens is 2. The number of carbonyl (C=O) groups is 3. The minimum Gasteiger partial charge on any atom is -0.334 e. The number of halogens is 1. The second-order valence-corrected chi connectivity index (χ2v) is 9.08. The molecule has 1 aliphatic heterocycles. The highest BCUT2D eigenvalue weighted by atomic mass is 35.5. The summed E-state index contributed by atoms with van der Waals surface area (Å²) in [5, 5.41) is 13.3. The molecule has 2 fully saturated rings. The number of anilines is 2. The van der Waals surface area contributed by atoms with Crippen molar-refractivity contribution in [3.05, 3.63) is 71.4 Å². The van der Waals surface area contributed by atoms with Crippen LogP contribution >= 0.6 is 11.6 Å². The molecule has 1 saturated heterocycles. The molecule has 10 heteroatoms. The quantitative estimate of drug-likeness (QED) is 0.464. The van der Waals surface area contributed by atoms with Crippen molar-refractivity contribution in [1.82, 2.24) is 20.4 Å². The first-order valence-electron chi connectivity index (χ1n) is 11.0. The van der Waals surface area contributed by atoms with Crippen molar-refractivity contribution in [1.29, 1.82) is 0 Å². The van der Waals surface area contributed by atoms with Crippen molar-refractivity contribution in [3.8, 4) is 5.69 Å². The van der Waals surface area contributed by atoms with E-state index in [0.717, 1.165) is 24.1 Å². The van der Waals surface area contributed by atoms with Crippen molar-refractivity contribution < 1.29 is 14.4 Å². The second kappa shape index (κ2) is 8.49. The van der Waals surface area contributed by atoms with Gasteiger partial charge in [0.2, 0.25) is 0 Å². The third-order valence-corrected chi connectivity index (χ3v) is 6.43. The van der Waals surface area contributed by atoms with E-state index in [2.05, 4.69) is 21.0 Å². The zero-order valence-corrected chi connectivity index (χ0v) is 19.2. The van der Waals surface area contributed by atoms with Crippen molar-refractivity contribution in [2.75, 3.05) is 10.2 Å². The topological polar surface area (TPSA) is 108 Å². The first kappa shape index (κ1) is 22.0. The number of rotatable bonds is 6. The number of hydrogen-bond donors (Lipinski definition) is 3. The maximum absolute atomic E-state index is 12.9. The molecule has 3 N–H and O–H groups in total. The number of amides is 5. The summed E-state index contributed by atoms with van der Waals surface area (Å²) in [5.41, 5.74) is 1.33. The lowest BCUT2D eigenvalue weighted by atomic mass is 9.96. The van der Waals surface area contributed by atoms with E-state index in [1.807, 2.05) is 12.1 Å². The number of nitrogens with one attached hydrogen (secondary N) is 3. The largest absolute Gasteiger partial charge is 0.334 e. The average molecular weight is 479 g/mol. The highest BCUT2D eigenvalue weighted by molar-refractivity contribution is 6.30. The average Bonchev–Trinajstić information content (AvgIpc) is 3.54. The molecule has 34 heavy (non-hydrogen) atoms. The Morgan fingerprint density at radius 2 is 1.76 bits per heavy atom. The van der Waals surface area contributed by atoms with E-state index < -0.39 is 17.6 Å². The SMILES string of the molecule is CC1(C2CC2)NC(=O)N(c2ccc(CNC(=O)Nc3ccn(-c4ccc(Cl)cc4)n3)cc2)C1=O. The van der Waals surface area contributed by atoms with Gasteiger partial charge in [-0.05, 0) is 67.6 Å². The number of urea groups is 2. The Morgan fingerprint density at radius 3 is 2.44 bits per heavy atom. The number of carbonyl (C=O) groups excluding carboxylic acids is 3. The third kappa shape index (κ3) is 4.22. The van der Waals surface area contributed by atoms with E-state index >= 15 is 0 Å². The first-order valence-corrected chi connectivity index (χ1v) is 11.3. The second-order valence-electron chi connectivity index (χ2n) is 8.64. The van der Waals surface area contributed by atoms with Gasteiger partial charge in [0.15, 0.2) is 5.82 Å². The van der Waals surface area contributed by atoms with Gasteiger partial charge in [-0.1, -0.05) is 23.7 Å². The smallest absolute Gasteiger partial charge is 0.329 e. The monoisotopic (exact) mass is 478 g/mol. The van der Waals surface area contributed by atoms with Gasteiger partial charge in [0.05, 0.1) is 11.4 Å². The number of imide groups is 1. The summed E-state index contributed by atoms with van der Waals surface area (Å²) in [6, 6.07) is 15.0. The predicted octanol–water partition coefficient (Wildman–Crippen LogP) is 4.07. The van der Waals surface area contributed by atoms with Crippen LogP contribution in [0.5, 0.6) is 0 Å². The Kier molecular flexibility index (Phi) is 5.49. The summed E-state index contributed by atoms with van der Waals surface area (Å²) in [6.07, 6.45) is 3.64.